The number of amides is 4. The summed E-state index contributed by atoms with van der Waals surface area (Å²) in [7, 11) is 0. The predicted molar refractivity (Wildman–Crippen MR) is 93.4 cm³/mol. The minimum absolute atomic E-state index is 0.180. The topological polar surface area (TPSA) is 116 Å². The molecule has 0 bridgehead atoms. The van der Waals surface area contributed by atoms with Crippen molar-refractivity contribution in [3.63, 3.8) is 0 Å². The normalized spacial score (nSPS) is 22.8. The SMILES string of the molecule is O=C(NC1CCCNC1=O)c1ccccc1C(=O)NC1CCCNC1=O. The van der Waals surface area contributed by atoms with Crippen LogP contribution in [0.3, 0.4) is 0 Å². The van der Waals surface area contributed by atoms with Crippen LogP contribution in [0, 0.1) is 0 Å². The second-order valence-electron chi connectivity index (χ2n) is 6.46. The summed E-state index contributed by atoms with van der Waals surface area (Å²) in [6.45, 7) is 1.21. The summed E-state index contributed by atoms with van der Waals surface area (Å²) >= 11 is 0. The molecule has 2 fully saturated rings. The lowest BCUT2D eigenvalue weighted by Gasteiger charge is -2.24. The van der Waals surface area contributed by atoms with Gasteiger partial charge < -0.3 is 21.3 Å². The van der Waals surface area contributed by atoms with Gasteiger partial charge in [-0.25, -0.2) is 0 Å². The molecule has 4 N–H and O–H groups in total. The van der Waals surface area contributed by atoms with Crippen LogP contribution in [0.4, 0.5) is 0 Å². The molecule has 2 saturated heterocycles. The first-order chi connectivity index (χ1) is 12.6. The third kappa shape index (κ3) is 4.01. The first kappa shape index (κ1) is 17.9. The maximum absolute atomic E-state index is 12.6. The fourth-order valence-electron chi connectivity index (χ4n) is 3.17. The van der Waals surface area contributed by atoms with Crippen molar-refractivity contribution in [1.82, 2.24) is 21.3 Å². The third-order valence-corrected chi connectivity index (χ3v) is 4.60. The summed E-state index contributed by atoms with van der Waals surface area (Å²) in [5, 5.41) is 10.8. The average Bonchev–Trinajstić information content (AvgIpc) is 2.65. The minimum atomic E-state index is -0.600. The van der Waals surface area contributed by atoms with Crippen LogP contribution in [0.1, 0.15) is 46.4 Å². The first-order valence-corrected chi connectivity index (χ1v) is 8.82. The molecule has 1 aromatic rings. The van der Waals surface area contributed by atoms with Crippen molar-refractivity contribution >= 4 is 23.6 Å². The number of piperidine rings is 2. The van der Waals surface area contributed by atoms with Gasteiger partial charge in [-0.2, -0.15) is 0 Å². The molecule has 3 rings (SSSR count). The quantitative estimate of drug-likeness (QED) is 0.591. The van der Waals surface area contributed by atoms with E-state index >= 15 is 0 Å². The van der Waals surface area contributed by atoms with Gasteiger partial charge >= 0.3 is 0 Å². The van der Waals surface area contributed by atoms with E-state index in [1.54, 1.807) is 12.1 Å². The Morgan fingerprint density at radius 3 is 1.62 bits per heavy atom. The zero-order valence-electron chi connectivity index (χ0n) is 14.3. The number of rotatable bonds is 4. The summed E-state index contributed by atoms with van der Waals surface area (Å²) in [4.78, 5) is 48.8. The summed E-state index contributed by atoms with van der Waals surface area (Å²) in [5.41, 5.74) is 0.360. The van der Waals surface area contributed by atoms with Gasteiger partial charge in [-0.15, -0.1) is 0 Å². The Bertz CT molecular complexity index is 673. The van der Waals surface area contributed by atoms with Gasteiger partial charge in [0.2, 0.25) is 11.8 Å². The molecule has 2 aliphatic rings. The van der Waals surface area contributed by atoms with E-state index < -0.39 is 23.9 Å². The minimum Gasteiger partial charge on any atom is -0.354 e. The second-order valence-corrected chi connectivity index (χ2v) is 6.46. The monoisotopic (exact) mass is 358 g/mol. The maximum atomic E-state index is 12.6. The Hall–Kier alpha value is -2.90. The second kappa shape index (κ2) is 7.99. The molecule has 0 saturated carbocycles. The molecular formula is C18H22N4O4. The van der Waals surface area contributed by atoms with E-state index in [4.69, 9.17) is 0 Å². The van der Waals surface area contributed by atoms with Crippen molar-refractivity contribution in [3.05, 3.63) is 35.4 Å². The fourth-order valence-corrected chi connectivity index (χ4v) is 3.17. The van der Waals surface area contributed by atoms with Gasteiger partial charge in [0.15, 0.2) is 0 Å². The van der Waals surface area contributed by atoms with Crippen LogP contribution in [0.15, 0.2) is 24.3 Å². The molecular weight excluding hydrogens is 336 g/mol. The Kier molecular flexibility index (Phi) is 5.50. The van der Waals surface area contributed by atoms with Gasteiger partial charge in [0.05, 0.1) is 11.1 Å². The summed E-state index contributed by atoms with van der Waals surface area (Å²) in [5.74, 6) is -1.40. The fraction of sp³-hybridized carbons (Fsp3) is 0.444. The van der Waals surface area contributed by atoms with Crippen LogP contribution in [0.2, 0.25) is 0 Å². The molecule has 8 heteroatoms. The smallest absolute Gasteiger partial charge is 0.252 e. The zero-order valence-corrected chi connectivity index (χ0v) is 14.3. The van der Waals surface area contributed by atoms with E-state index in [9.17, 15) is 19.2 Å². The van der Waals surface area contributed by atoms with Crippen LogP contribution in [0.25, 0.3) is 0 Å². The lowest BCUT2D eigenvalue weighted by atomic mass is 10.0. The molecule has 2 aliphatic heterocycles. The number of benzene rings is 1. The van der Waals surface area contributed by atoms with E-state index in [1.165, 1.54) is 12.1 Å². The highest BCUT2D eigenvalue weighted by molar-refractivity contribution is 6.09. The summed E-state index contributed by atoms with van der Waals surface area (Å²) in [6, 6.07) is 5.17. The number of carbonyl (C=O) groups excluding carboxylic acids is 4. The van der Waals surface area contributed by atoms with Crippen LogP contribution < -0.4 is 21.3 Å². The van der Waals surface area contributed by atoms with Gasteiger partial charge in [-0.1, -0.05) is 12.1 Å². The van der Waals surface area contributed by atoms with Crippen molar-refractivity contribution < 1.29 is 19.2 Å². The van der Waals surface area contributed by atoms with E-state index in [0.29, 0.717) is 25.9 Å². The van der Waals surface area contributed by atoms with Gasteiger partial charge in [0.1, 0.15) is 12.1 Å². The molecule has 2 unspecified atom stereocenters. The predicted octanol–water partition coefficient (Wildman–Crippen LogP) is -0.297. The van der Waals surface area contributed by atoms with Crippen molar-refractivity contribution in [2.24, 2.45) is 0 Å². The molecule has 2 heterocycles. The van der Waals surface area contributed by atoms with Crippen LogP contribution in [-0.4, -0.2) is 48.8 Å². The highest BCUT2D eigenvalue weighted by Crippen LogP contribution is 2.12. The molecule has 0 spiro atoms. The van der Waals surface area contributed by atoms with E-state index in [2.05, 4.69) is 21.3 Å². The van der Waals surface area contributed by atoms with Crippen LogP contribution >= 0.6 is 0 Å². The van der Waals surface area contributed by atoms with Gasteiger partial charge in [0, 0.05) is 13.1 Å². The Balaban J connectivity index is 1.72. The summed E-state index contributed by atoms with van der Waals surface area (Å²) in [6.07, 6.45) is 2.70. The molecule has 2 atom stereocenters. The standard InChI is InChI=1S/C18H22N4O4/c23-15(21-13-7-3-9-19-17(13)25)11-5-1-2-6-12(11)16(24)22-14-8-4-10-20-18(14)26/h1-2,5-6,13-14H,3-4,7-10H2,(H,19,25)(H,20,26)(H,21,23)(H,22,24). The van der Waals surface area contributed by atoms with Crippen LogP contribution in [-0.2, 0) is 9.59 Å². The first-order valence-electron chi connectivity index (χ1n) is 8.82. The van der Waals surface area contributed by atoms with Gasteiger partial charge in [-0.3, -0.25) is 19.2 Å². The Labute approximate surface area is 151 Å². The number of carbonyl (C=O) groups is 4. The molecule has 0 aliphatic carbocycles. The molecule has 0 radical (unpaired) electrons. The molecule has 8 nitrogen and oxygen atoms in total. The van der Waals surface area contributed by atoms with Crippen molar-refractivity contribution in [2.75, 3.05) is 13.1 Å². The number of hydrogen-bond acceptors (Lipinski definition) is 4. The van der Waals surface area contributed by atoms with Gasteiger partial charge in [0.25, 0.3) is 11.8 Å². The number of hydrogen-bond donors (Lipinski definition) is 4. The molecule has 26 heavy (non-hydrogen) atoms. The Morgan fingerprint density at radius 1 is 0.808 bits per heavy atom. The third-order valence-electron chi connectivity index (χ3n) is 4.60. The van der Waals surface area contributed by atoms with Gasteiger partial charge in [-0.05, 0) is 37.8 Å². The van der Waals surface area contributed by atoms with E-state index in [1.807, 2.05) is 0 Å². The molecule has 0 aromatic heterocycles. The van der Waals surface area contributed by atoms with E-state index in [-0.39, 0.29) is 22.9 Å². The van der Waals surface area contributed by atoms with E-state index in [0.717, 1.165) is 12.8 Å². The highest BCUT2D eigenvalue weighted by Gasteiger charge is 2.28. The number of nitrogens with one attached hydrogen (secondary N) is 4. The highest BCUT2D eigenvalue weighted by atomic mass is 16.2. The van der Waals surface area contributed by atoms with Crippen molar-refractivity contribution in [3.8, 4) is 0 Å². The maximum Gasteiger partial charge on any atom is 0.252 e. The van der Waals surface area contributed by atoms with Crippen molar-refractivity contribution in [1.29, 1.82) is 0 Å². The van der Waals surface area contributed by atoms with Crippen LogP contribution in [0.5, 0.6) is 0 Å². The molecule has 1 aromatic carbocycles. The summed E-state index contributed by atoms with van der Waals surface area (Å²) < 4.78 is 0. The lowest BCUT2D eigenvalue weighted by Crippen LogP contribution is -2.51. The van der Waals surface area contributed by atoms with Crippen molar-refractivity contribution in [2.45, 2.75) is 37.8 Å². The lowest BCUT2D eigenvalue weighted by molar-refractivity contribution is -0.125. The largest absolute Gasteiger partial charge is 0.354 e. The Morgan fingerprint density at radius 2 is 1.23 bits per heavy atom. The zero-order chi connectivity index (χ0) is 18.5. The average molecular weight is 358 g/mol. The molecule has 138 valence electrons. The molecule has 4 amide bonds.